The third kappa shape index (κ3) is 3.32. The zero-order valence-corrected chi connectivity index (χ0v) is 10.7. The molecule has 0 fully saturated rings. The van der Waals surface area contributed by atoms with E-state index in [2.05, 4.69) is 10.3 Å². The summed E-state index contributed by atoms with van der Waals surface area (Å²) in [7, 11) is 0. The number of aromatic nitrogens is 1. The summed E-state index contributed by atoms with van der Waals surface area (Å²) in [6.45, 7) is 0.0825. The zero-order chi connectivity index (χ0) is 14.8. The predicted octanol–water partition coefficient (Wildman–Crippen LogP) is 3.23. The molecule has 0 spiro atoms. The molecule has 0 unspecified atom stereocenters. The zero-order valence-electron chi connectivity index (χ0n) is 9.87. The Morgan fingerprint density at radius 3 is 2.70 bits per heavy atom. The number of thiazole rings is 1. The highest BCUT2D eigenvalue weighted by Gasteiger charge is 2.31. The van der Waals surface area contributed by atoms with E-state index in [1.54, 1.807) is 5.51 Å². The number of hydrogen-bond acceptors (Lipinski definition) is 3. The normalized spacial score (nSPS) is 11.4. The number of halogens is 4. The van der Waals surface area contributed by atoms with Crippen LogP contribution in [0.4, 0.5) is 17.6 Å². The van der Waals surface area contributed by atoms with Crippen LogP contribution in [0.3, 0.4) is 0 Å². The number of nitrogens with zero attached hydrogens (tertiary/aromatic N) is 1. The van der Waals surface area contributed by atoms with Crippen LogP contribution in [0.25, 0.3) is 0 Å². The van der Waals surface area contributed by atoms with Gasteiger partial charge in [-0.05, 0) is 18.2 Å². The number of nitrogens with one attached hydrogen (secondary N) is 1. The highest BCUT2D eigenvalue weighted by atomic mass is 32.1. The van der Waals surface area contributed by atoms with Crippen LogP contribution in [0, 0.1) is 5.82 Å². The van der Waals surface area contributed by atoms with Crippen LogP contribution >= 0.6 is 11.3 Å². The Kier molecular flexibility index (Phi) is 4.03. The van der Waals surface area contributed by atoms with Crippen molar-refractivity contribution in [3.63, 3.8) is 0 Å². The number of carbonyl (C=O) groups excluding carboxylic acids is 1. The van der Waals surface area contributed by atoms with Crippen molar-refractivity contribution in [3.05, 3.63) is 51.7 Å². The van der Waals surface area contributed by atoms with E-state index < -0.39 is 29.0 Å². The molecule has 2 aromatic rings. The maximum absolute atomic E-state index is 13.4. The maximum Gasteiger partial charge on any atom is 0.416 e. The highest BCUT2D eigenvalue weighted by molar-refractivity contribution is 7.09. The fourth-order valence-corrected chi connectivity index (χ4v) is 2.00. The summed E-state index contributed by atoms with van der Waals surface area (Å²) in [5, 5.41) is 2.34. The molecular weight excluding hydrogens is 296 g/mol. The molecule has 0 radical (unpaired) electrons. The summed E-state index contributed by atoms with van der Waals surface area (Å²) >= 11 is 1.27. The minimum absolute atomic E-state index is 0.0825. The lowest BCUT2D eigenvalue weighted by Gasteiger charge is -2.09. The molecule has 0 atom stereocenters. The van der Waals surface area contributed by atoms with Crippen LogP contribution in [0.5, 0.6) is 0 Å². The largest absolute Gasteiger partial charge is 0.416 e. The van der Waals surface area contributed by atoms with Crippen LogP contribution in [0.15, 0.2) is 29.9 Å². The quantitative estimate of drug-likeness (QED) is 0.885. The van der Waals surface area contributed by atoms with Crippen molar-refractivity contribution in [1.82, 2.24) is 10.3 Å². The van der Waals surface area contributed by atoms with Gasteiger partial charge in [0.15, 0.2) is 0 Å². The van der Waals surface area contributed by atoms with Crippen molar-refractivity contribution in [2.75, 3.05) is 0 Å². The Hall–Kier alpha value is -1.96. The van der Waals surface area contributed by atoms with Crippen LogP contribution in [0.2, 0.25) is 0 Å². The van der Waals surface area contributed by atoms with Gasteiger partial charge >= 0.3 is 6.18 Å². The smallest absolute Gasteiger partial charge is 0.347 e. The van der Waals surface area contributed by atoms with Gasteiger partial charge in [-0.15, -0.1) is 11.3 Å². The maximum atomic E-state index is 13.4. The molecular formula is C12H8F4N2OS. The predicted molar refractivity (Wildman–Crippen MR) is 64.7 cm³/mol. The van der Waals surface area contributed by atoms with Gasteiger partial charge in [-0.25, -0.2) is 4.39 Å². The van der Waals surface area contributed by atoms with Gasteiger partial charge in [0, 0.05) is 11.1 Å². The van der Waals surface area contributed by atoms with Gasteiger partial charge in [0.2, 0.25) is 0 Å². The molecule has 20 heavy (non-hydrogen) atoms. The second-order valence-corrected chi connectivity index (χ2v) is 4.81. The van der Waals surface area contributed by atoms with E-state index in [1.807, 2.05) is 0 Å². The molecule has 1 heterocycles. The molecule has 2 rings (SSSR count). The van der Waals surface area contributed by atoms with Crippen LogP contribution < -0.4 is 5.32 Å². The number of rotatable bonds is 3. The number of benzene rings is 1. The fourth-order valence-electron chi connectivity index (χ4n) is 1.47. The summed E-state index contributed by atoms with van der Waals surface area (Å²) in [5.41, 5.74) is -0.155. The first kappa shape index (κ1) is 14.4. The fraction of sp³-hybridized carbons (Fsp3) is 0.167. The second-order valence-electron chi connectivity index (χ2n) is 3.84. The third-order valence-electron chi connectivity index (χ3n) is 2.44. The molecule has 3 nitrogen and oxygen atoms in total. The first-order valence-electron chi connectivity index (χ1n) is 5.40. The Labute approximate surface area is 115 Å². The standard InChI is InChI=1S/C12H8F4N2OS/c13-10-2-1-7(12(14,15)16)3-9(10)11(19)18-5-8-4-17-6-20-8/h1-4,6H,5H2,(H,18,19). The summed E-state index contributed by atoms with van der Waals surface area (Å²) in [4.78, 5) is 16.2. The van der Waals surface area contributed by atoms with Crippen molar-refractivity contribution in [3.8, 4) is 0 Å². The third-order valence-corrected chi connectivity index (χ3v) is 3.22. The molecule has 1 N–H and O–H groups in total. The van der Waals surface area contributed by atoms with E-state index in [9.17, 15) is 22.4 Å². The van der Waals surface area contributed by atoms with Crippen molar-refractivity contribution >= 4 is 17.2 Å². The molecule has 8 heteroatoms. The number of hydrogen-bond donors (Lipinski definition) is 1. The Morgan fingerprint density at radius 2 is 2.10 bits per heavy atom. The summed E-state index contributed by atoms with van der Waals surface area (Å²) in [5.74, 6) is -1.90. The van der Waals surface area contributed by atoms with Gasteiger partial charge in [-0.1, -0.05) is 0 Å². The average molecular weight is 304 g/mol. The minimum Gasteiger partial charge on any atom is -0.347 e. The van der Waals surface area contributed by atoms with Crippen LogP contribution in [0.1, 0.15) is 20.8 Å². The van der Waals surface area contributed by atoms with Crippen molar-refractivity contribution in [2.45, 2.75) is 12.7 Å². The lowest BCUT2D eigenvalue weighted by Crippen LogP contribution is -2.24. The van der Waals surface area contributed by atoms with E-state index in [1.165, 1.54) is 17.5 Å². The first-order valence-corrected chi connectivity index (χ1v) is 6.28. The molecule has 106 valence electrons. The molecule has 1 amide bonds. The minimum atomic E-state index is -4.62. The molecule has 0 saturated carbocycles. The monoisotopic (exact) mass is 304 g/mol. The lowest BCUT2D eigenvalue weighted by atomic mass is 10.1. The topological polar surface area (TPSA) is 42.0 Å². The van der Waals surface area contributed by atoms with Crippen molar-refractivity contribution < 1.29 is 22.4 Å². The van der Waals surface area contributed by atoms with Gasteiger partial charge in [-0.2, -0.15) is 13.2 Å². The Morgan fingerprint density at radius 1 is 1.35 bits per heavy atom. The van der Waals surface area contributed by atoms with E-state index in [-0.39, 0.29) is 6.54 Å². The van der Waals surface area contributed by atoms with E-state index in [0.717, 1.165) is 0 Å². The van der Waals surface area contributed by atoms with Gasteiger partial charge in [0.1, 0.15) is 5.82 Å². The number of amides is 1. The Bertz CT molecular complexity index is 610. The average Bonchev–Trinajstić information content (AvgIpc) is 2.88. The Balaban J connectivity index is 2.16. The summed E-state index contributed by atoms with van der Waals surface area (Å²) in [6.07, 6.45) is -3.12. The molecule has 1 aromatic heterocycles. The summed E-state index contributed by atoms with van der Waals surface area (Å²) < 4.78 is 51.0. The van der Waals surface area contributed by atoms with E-state index in [0.29, 0.717) is 23.1 Å². The summed E-state index contributed by atoms with van der Waals surface area (Å²) in [6, 6.07) is 1.72. The van der Waals surface area contributed by atoms with Crippen molar-refractivity contribution in [1.29, 1.82) is 0 Å². The van der Waals surface area contributed by atoms with Crippen molar-refractivity contribution in [2.24, 2.45) is 0 Å². The van der Waals surface area contributed by atoms with Crippen LogP contribution in [-0.2, 0) is 12.7 Å². The molecule has 1 aromatic carbocycles. The number of carbonyl (C=O) groups is 1. The molecule has 0 aliphatic heterocycles. The second kappa shape index (κ2) is 5.58. The van der Waals surface area contributed by atoms with Crippen LogP contribution in [-0.4, -0.2) is 10.9 Å². The SMILES string of the molecule is O=C(NCc1cncs1)c1cc(C(F)(F)F)ccc1F. The molecule has 0 saturated heterocycles. The van der Waals surface area contributed by atoms with E-state index in [4.69, 9.17) is 0 Å². The van der Waals surface area contributed by atoms with Gasteiger partial charge in [-0.3, -0.25) is 9.78 Å². The van der Waals surface area contributed by atoms with Gasteiger partial charge < -0.3 is 5.32 Å². The van der Waals surface area contributed by atoms with Gasteiger partial charge in [0.25, 0.3) is 5.91 Å². The first-order chi connectivity index (χ1) is 9.38. The molecule has 0 aliphatic carbocycles. The number of alkyl halides is 3. The van der Waals surface area contributed by atoms with Gasteiger partial charge in [0.05, 0.1) is 23.2 Å². The molecule has 0 bridgehead atoms. The highest BCUT2D eigenvalue weighted by Crippen LogP contribution is 2.30. The molecule has 0 aliphatic rings. The lowest BCUT2D eigenvalue weighted by molar-refractivity contribution is -0.137. The van der Waals surface area contributed by atoms with E-state index >= 15 is 0 Å².